The first-order valence-electron chi connectivity index (χ1n) is 12.8. The zero-order valence-corrected chi connectivity index (χ0v) is 21.6. The van der Waals surface area contributed by atoms with Crippen LogP contribution in [0.1, 0.15) is 97.8 Å². The van der Waals surface area contributed by atoms with Gasteiger partial charge in [-0.1, -0.05) is 40.0 Å². The van der Waals surface area contributed by atoms with Crippen molar-refractivity contribution < 1.29 is 27.8 Å². The topological polar surface area (TPSA) is 55.4 Å². The second-order valence-electron chi connectivity index (χ2n) is 7.74. The number of unbranched alkanes of at least 4 members (excludes halogenated alkanes) is 6. The summed E-state index contributed by atoms with van der Waals surface area (Å²) in [7, 11) is -1.27. The summed E-state index contributed by atoms with van der Waals surface area (Å²) in [6.07, 6.45) is 12.9. The zero-order valence-electron chi connectivity index (χ0n) is 20.7. The van der Waals surface area contributed by atoms with Crippen LogP contribution in [0, 0.1) is 0 Å². The van der Waals surface area contributed by atoms with Gasteiger partial charge < -0.3 is 27.8 Å². The molecule has 0 spiro atoms. The molecule has 0 N–H and O–H groups in total. The van der Waals surface area contributed by atoms with Crippen molar-refractivity contribution in [1.29, 1.82) is 0 Å². The standard InChI is InChI=1S/C24H51O6P/c1-4-7-16-25-19-10-13-22-28-31(29-23-14-11-20-26-17-8-5-2)30-24-15-12-21-27-18-9-6-3/h4-24H2,1-3H3. The van der Waals surface area contributed by atoms with E-state index in [0.717, 1.165) is 97.4 Å². The maximum absolute atomic E-state index is 5.89. The largest absolute Gasteiger partial charge is 0.381 e. The SMILES string of the molecule is CCCCOCCCCOP(OCCCCOCCCC)OCCCCOCCCC. The van der Waals surface area contributed by atoms with Crippen molar-refractivity contribution in [1.82, 2.24) is 0 Å². The van der Waals surface area contributed by atoms with Gasteiger partial charge in [-0.15, -0.1) is 0 Å². The van der Waals surface area contributed by atoms with E-state index >= 15 is 0 Å². The van der Waals surface area contributed by atoms with Crippen LogP contribution in [-0.4, -0.2) is 59.5 Å². The minimum absolute atomic E-state index is 0.656. The van der Waals surface area contributed by atoms with Crippen LogP contribution in [0.3, 0.4) is 0 Å². The van der Waals surface area contributed by atoms with Crippen molar-refractivity contribution in [2.75, 3.05) is 59.5 Å². The Morgan fingerprint density at radius 3 is 0.903 bits per heavy atom. The fourth-order valence-electron chi connectivity index (χ4n) is 2.49. The Morgan fingerprint density at radius 2 is 0.613 bits per heavy atom. The normalized spacial score (nSPS) is 11.6. The van der Waals surface area contributed by atoms with E-state index in [9.17, 15) is 0 Å². The minimum atomic E-state index is -1.27. The lowest BCUT2D eigenvalue weighted by molar-refractivity contribution is 0.108. The molecule has 6 nitrogen and oxygen atoms in total. The van der Waals surface area contributed by atoms with Gasteiger partial charge in [-0.3, -0.25) is 0 Å². The van der Waals surface area contributed by atoms with E-state index in [-0.39, 0.29) is 0 Å². The van der Waals surface area contributed by atoms with Crippen LogP contribution in [-0.2, 0) is 27.8 Å². The van der Waals surface area contributed by atoms with Crippen LogP contribution in [0.4, 0.5) is 0 Å². The highest BCUT2D eigenvalue weighted by Gasteiger charge is 2.12. The molecule has 7 heteroatoms. The van der Waals surface area contributed by atoms with Crippen LogP contribution >= 0.6 is 8.60 Å². The van der Waals surface area contributed by atoms with Crippen LogP contribution in [0.5, 0.6) is 0 Å². The molecule has 0 saturated heterocycles. The Balaban J connectivity index is 3.82. The summed E-state index contributed by atoms with van der Waals surface area (Å²) >= 11 is 0. The molecule has 0 fully saturated rings. The van der Waals surface area contributed by atoms with E-state index < -0.39 is 8.60 Å². The predicted octanol–water partition coefficient (Wildman–Crippen LogP) is 7.05. The third-order valence-corrected chi connectivity index (χ3v) is 5.75. The van der Waals surface area contributed by atoms with Crippen molar-refractivity contribution in [2.45, 2.75) is 97.8 Å². The zero-order chi connectivity index (χ0) is 22.7. The second kappa shape index (κ2) is 28.2. The third-order valence-electron chi connectivity index (χ3n) is 4.57. The van der Waals surface area contributed by atoms with E-state index in [1.807, 2.05) is 0 Å². The van der Waals surface area contributed by atoms with Crippen molar-refractivity contribution in [3.05, 3.63) is 0 Å². The summed E-state index contributed by atoms with van der Waals surface area (Å²) in [5.41, 5.74) is 0. The first-order valence-corrected chi connectivity index (χ1v) is 13.9. The van der Waals surface area contributed by atoms with Crippen LogP contribution in [0.15, 0.2) is 0 Å². The minimum Gasteiger partial charge on any atom is -0.381 e. The fourth-order valence-corrected chi connectivity index (χ4v) is 3.55. The van der Waals surface area contributed by atoms with E-state index in [0.29, 0.717) is 19.8 Å². The molecule has 0 aliphatic rings. The van der Waals surface area contributed by atoms with E-state index in [1.165, 1.54) is 19.3 Å². The Bertz CT molecular complexity index is 275. The molecule has 0 aromatic rings. The molecule has 0 bridgehead atoms. The van der Waals surface area contributed by atoms with Gasteiger partial charge in [-0.25, -0.2) is 0 Å². The van der Waals surface area contributed by atoms with E-state index in [4.69, 9.17) is 27.8 Å². The fraction of sp³-hybridized carbons (Fsp3) is 1.00. The molecule has 0 saturated carbocycles. The van der Waals surface area contributed by atoms with Gasteiger partial charge in [0, 0.05) is 39.6 Å². The molecule has 31 heavy (non-hydrogen) atoms. The van der Waals surface area contributed by atoms with Crippen LogP contribution < -0.4 is 0 Å². The summed E-state index contributed by atoms with van der Waals surface area (Å²) in [5, 5.41) is 0. The molecule has 0 atom stereocenters. The van der Waals surface area contributed by atoms with Gasteiger partial charge in [-0.2, -0.15) is 0 Å². The van der Waals surface area contributed by atoms with Gasteiger partial charge >= 0.3 is 8.60 Å². The molecule has 0 aliphatic carbocycles. The van der Waals surface area contributed by atoms with Crippen molar-refractivity contribution >= 4 is 8.60 Å². The Morgan fingerprint density at radius 1 is 0.355 bits per heavy atom. The Labute approximate surface area is 194 Å². The van der Waals surface area contributed by atoms with E-state index in [2.05, 4.69) is 20.8 Å². The first kappa shape index (κ1) is 31.2. The molecule has 188 valence electrons. The second-order valence-corrected chi connectivity index (χ2v) is 8.96. The average molecular weight is 467 g/mol. The number of hydrogen-bond acceptors (Lipinski definition) is 6. The van der Waals surface area contributed by atoms with Gasteiger partial charge in [-0.05, 0) is 57.8 Å². The quantitative estimate of drug-likeness (QED) is 0.0954. The summed E-state index contributed by atoms with van der Waals surface area (Å²) in [6.45, 7) is 13.5. The number of ether oxygens (including phenoxy) is 3. The lowest BCUT2D eigenvalue weighted by Gasteiger charge is -2.17. The molecule has 0 aromatic heterocycles. The van der Waals surface area contributed by atoms with Gasteiger partial charge in [0.25, 0.3) is 0 Å². The first-order chi connectivity index (χ1) is 15.3. The van der Waals surface area contributed by atoms with Gasteiger partial charge in [0.1, 0.15) is 0 Å². The van der Waals surface area contributed by atoms with Crippen molar-refractivity contribution in [2.24, 2.45) is 0 Å². The maximum Gasteiger partial charge on any atom is 0.332 e. The molecular formula is C24H51O6P. The molecule has 0 aliphatic heterocycles. The smallest absolute Gasteiger partial charge is 0.332 e. The average Bonchev–Trinajstić information content (AvgIpc) is 2.78. The molecule has 0 rings (SSSR count). The summed E-state index contributed by atoms with van der Waals surface area (Å²) in [4.78, 5) is 0. The summed E-state index contributed by atoms with van der Waals surface area (Å²) in [6, 6.07) is 0. The van der Waals surface area contributed by atoms with Crippen molar-refractivity contribution in [3.63, 3.8) is 0 Å². The molecule has 0 heterocycles. The Kier molecular flexibility index (Phi) is 28.4. The highest BCUT2D eigenvalue weighted by atomic mass is 31.2. The van der Waals surface area contributed by atoms with Crippen LogP contribution in [0.2, 0.25) is 0 Å². The van der Waals surface area contributed by atoms with Gasteiger partial charge in [0.2, 0.25) is 0 Å². The molecular weight excluding hydrogens is 415 g/mol. The van der Waals surface area contributed by atoms with Gasteiger partial charge in [0.15, 0.2) is 0 Å². The third kappa shape index (κ3) is 26.3. The van der Waals surface area contributed by atoms with E-state index in [1.54, 1.807) is 0 Å². The number of hydrogen-bond donors (Lipinski definition) is 0. The lowest BCUT2D eigenvalue weighted by Crippen LogP contribution is -2.04. The number of rotatable bonds is 27. The molecule has 0 aromatic carbocycles. The highest BCUT2D eigenvalue weighted by molar-refractivity contribution is 7.41. The van der Waals surface area contributed by atoms with Gasteiger partial charge in [0.05, 0.1) is 19.8 Å². The lowest BCUT2D eigenvalue weighted by atomic mass is 10.3. The van der Waals surface area contributed by atoms with Crippen LogP contribution in [0.25, 0.3) is 0 Å². The molecule has 0 radical (unpaired) electrons. The predicted molar refractivity (Wildman–Crippen MR) is 130 cm³/mol. The maximum atomic E-state index is 5.89. The Hall–Kier alpha value is 0.190. The summed E-state index contributed by atoms with van der Waals surface area (Å²) in [5.74, 6) is 0. The molecule has 0 unspecified atom stereocenters. The van der Waals surface area contributed by atoms with Crippen molar-refractivity contribution in [3.8, 4) is 0 Å². The monoisotopic (exact) mass is 466 g/mol. The summed E-state index contributed by atoms with van der Waals surface area (Å²) < 4.78 is 34.5. The molecule has 0 amide bonds. The highest BCUT2D eigenvalue weighted by Crippen LogP contribution is 2.40.